The number of thiazole rings is 1. The Bertz CT molecular complexity index is 1080. The Balaban J connectivity index is 1.56. The fourth-order valence-electron chi connectivity index (χ4n) is 2.53. The van der Waals surface area contributed by atoms with Gasteiger partial charge >= 0.3 is 5.97 Å². The van der Waals surface area contributed by atoms with Gasteiger partial charge in [-0.2, -0.15) is 0 Å². The van der Waals surface area contributed by atoms with Crippen LogP contribution in [-0.4, -0.2) is 27.8 Å². The summed E-state index contributed by atoms with van der Waals surface area (Å²) in [6.07, 6.45) is 0. The van der Waals surface area contributed by atoms with Gasteiger partial charge in [0.1, 0.15) is 5.01 Å². The standard InChI is InChI=1S/C18H8Cl2N2O4S/c19-9-5-6-12(13(20)7-9)15-21-14(8-27-15)18(25)26-22-16(23)10-3-1-2-4-11(10)17(22)24/h1-8H. The molecule has 0 saturated heterocycles. The topological polar surface area (TPSA) is 76.6 Å². The minimum Gasteiger partial charge on any atom is -0.322 e. The number of nitrogens with zero attached hydrogens (tertiary/aromatic N) is 2. The third-order valence-corrected chi connectivity index (χ3v) is 5.23. The molecule has 0 fully saturated rings. The van der Waals surface area contributed by atoms with Gasteiger partial charge in [-0.05, 0) is 30.3 Å². The van der Waals surface area contributed by atoms with Gasteiger partial charge in [-0.3, -0.25) is 9.59 Å². The molecule has 0 spiro atoms. The van der Waals surface area contributed by atoms with Gasteiger partial charge in [0.2, 0.25) is 0 Å². The molecule has 0 aliphatic carbocycles. The van der Waals surface area contributed by atoms with Gasteiger partial charge in [0, 0.05) is 16.0 Å². The van der Waals surface area contributed by atoms with Gasteiger partial charge in [0.25, 0.3) is 11.8 Å². The van der Waals surface area contributed by atoms with Crippen molar-refractivity contribution < 1.29 is 19.2 Å². The zero-order valence-corrected chi connectivity index (χ0v) is 15.6. The second kappa shape index (κ2) is 6.77. The van der Waals surface area contributed by atoms with Crippen LogP contribution in [0.1, 0.15) is 31.2 Å². The van der Waals surface area contributed by atoms with Crippen molar-refractivity contribution in [1.82, 2.24) is 10.0 Å². The van der Waals surface area contributed by atoms with Crippen molar-refractivity contribution in [2.45, 2.75) is 0 Å². The number of imide groups is 1. The summed E-state index contributed by atoms with van der Waals surface area (Å²) in [7, 11) is 0. The summed E-state index contributed by atoms with van der Waals surface area (Å²) in [4.78, 5) is 46.0. The maximum absolute atomic E-state index is 12.3. The van der Waals surface area contributed by atoms with Gasteiger partial charge in [0.15, 0.2) is 5.69 Å². The van der Waals surface area contributed by atoms with Crippen LogP contribution < -0.4 is 0 Å². The number of hydrogen-bond acceptors (Lipinski definition) is 6. The Kier molecular flexibility index (Phi) is 4.43. The van der Waals surface area contributed by atoms with E-state index in [0.29, 0.717) is 25.7 Å². The molecule has 4 rings (SSSR count). The number of benzene rings is 2. The first-order valence-electron chi connectivity index (χ1n) is 7.57. The van der Waals surface area contributed by atoms with Gasteiger partial charge in [-0.1, -0.05) is 40.4 Å². The van der Waals surface area contributed by atoms with Crippen LogP contribution in [0.4, 0.5) is 0 Å². The van der Waals surface area contributed by atoms with E-state index < -0.39 is 17.8 Å². The molecule has 0 saturated carbocycles. The summed E-state index contributed by atoms with van der Waals surface area (Å²) in [5, 5.41) is 3.25. The molecule has 27 heavy (non-hydrogen) atoms. The Morgan fingerprint density at radius 3 is 2.30 bits per heavy atom. The van der Waals surface area contributed by atoms with E-state index in [2.05, 4.69) is 4.98 Å². The van der Waals surface area contributed by atoms with E-state index >= 15 is 0 Å². The maximum atomic E-state index is 12.3. The Hall–Kier alpha value is -2.74. The lowest BCUT2D eigenvalue weighted by atomic mass is 10.1. The third kappa shape index (κ3) is 3.10. The fourth-order valence-corrected chi connectivity index (χ4v) is 3.92. The minimum atomic E-state index is -0.919. The average molecular weight is 419 g/mol. The van der Waals surface area contributed by atoms with Gasteiger partial charge in [-0.25, -0.2) is 9.78 Å². The number of rotatable bonds is 3. The quantitative estimate of drug-likeness (QED) is 0.585. The number of aromatic nitrogens is 1. The largest absolute Gasteiger partial charge is 0.383 e. The number of hydrogen-bond donors (Lipinski definition) is 0. The number of fused-ring (bicyclic) bond motifs is 1. The third-order valence-electron chi connectivity index (χ3n) is 3.81. The summed E-state index contributed by atoms with van der Waals surface area (Å²) in [5.41, 5.74) is 0.924. The van der Waals surface area contributed by atoms with Crippen molar-refractivity contribution in [3.63, 3.8) is 0 Å². The van der Waals surface area contributed by atoms with Crippen molar-refractivity contribution in [3.05, 3.63) is 74.7 Å². The van der Waals surface area contributed by atoms with Crippen molar-refractivity contribution >= 4 is 52.3 Å². The SMILES string of the molecule is O=C(ON1C(=O)c2ccccc2C1=O)c1csc(-c2ccc(Cl)cc2Cl)n1. The lowest BCUT2D eigenvalue weighted by Gasteiger charge is -2.11. The molecule has 0 N–H and O–H groups in total. The fraction of sp³-hybridized carbons (Fsp3) is 0. The molecule has 134 valence electrons. The van der Waals surface area contributed by atoms with E-state index in [9.17, 15) is 14.4 Å². The molecule has 2 amide bonds. The summed E-state index contributed by atoms with van der Waals surface area (Å²) in [6, 6.07) is 11.1. The van der Waals surface area contributed by atoms with Crippen LogP contribution >= 0.6 is 34.5 Å². The normalized spacial score (nSPS) is 13.0. The van der Waals surface area contributed by atoms with E-state index in [-0.39, 0.29) is 16.8 Å². The monoisotopic (exact) mass is 418 g/mol. The number of carbonyl (C=O) groups is 3. The highest BCUT2D eigenvalue weighted by Crippen LogP contribution is 2.32. The van der Waals surface area contributed by atoms with Crippen molar-refractivity contribution in [2.75, 3.05) is 0 Å². The van der Waals surface area contributed by atoms with Crippen LogP contribution in [0.15, 0.2) is 47.8 Å². The van der Waals surface area contributed by atoms with Gasteiger partial charge in [0.05, 0.1) is 16.1 Å². The molecule has 0 atom stereocenters. The summed E-state index contributed by atoms with van der Waals surface area (Å²) >= 11 is 13.2. The number of carbonyl (C=O) groups excluding carboxylic acids is 3. The molecule has 0 radical (unpaired) electrons. The molecule has 0 unspecified atom stereocenters. The molecule has 1 aromatic heterocycles. The lowest BCUT2D eigenvalue weighted by Crippen LogP contribution is -2.32. The number of halogens is 2. The highest BCUT2D eigenvalue weighted by Gasteiger charge is 2.39. The summed E-state index contributed by atoms with van der Waals surface area (Å²) in [6.45, 7) is 0. The van der Waals surface area contributed by atoms with Crippen LogP contribution in [0.5, 0.6) is 0 Å². The first kappa shape index (κ1) is 17.7. The second-order valence-corrected chi connectivity index (χ2v) is 7.19. The molecule has 6 nitrogen and oxygen atoms in total. The predicted molar refractivity (Wildman–Crippen MR) is 99.9 cm³/mol. The molecular weight excluding hydrogens is 411 g/mol. The van der Waals surface area contributed by atoms with E-state index in [1.165, 1.54) is 28.8 Å². The Morgan fingerprint density at radius 1 is 1.00 bits per heavy atom. The Labute approximate surface area is 166 Å². The maximum Gasteiger partial charge on any atom is 0.383 e. The van der Waals surface area contributed by atoms with Crippen LogP contribution in [0, 0.1) is 0 Å². The highest BCUT2D eigenvalue weighted by molar-refractivity contribution is 7.13. The molecule has 3 aromatic rings. The van der Waals surface area contributed by atoms with E-state index in [4.69, 9.17) is 28.0 Å². The zero-order chi connectivity index (χ0) is 19.1. The first-order valence-corrected chi connectivity index (χ1v) is 9.20. The van der Waals surface area contributed by atoms with E-state index in [0.717, 1.165) is 0 Å². The average Bonchev–Trinajstić information content (AvgIpc) is 3.22. The first-order chi connectivity index (χ1) is 13.0. The lowest BCUT2D eigenvalue weighted by molar-refractivity contribution is -0.0587. The van der Waals surface area contributed by atoms with Crippen LogP contribution in [0.2, 0.25) is 10.0 Å². The molecule has 1 aliphatic rings. The van der Waals surface area contributed by atoms with Crippen molar-refractivity contribution in [2.24, 2.45) is 0 Å². The van der Waals surface area contributed by atoms with Crippen LogP contribution in [0.3, 0.4) is 0 Å². The molecular formula is C18H8Cl2N2O4S. The van der Waals surface area contributed by atoms with Gasteiger partial charge < -0.3 is 4.84 Å². The predicted octanol–water partition coefficient (Wildman–Crippen LogP) is 4.48. The highest BCUT2D eigenvalue weighted by atomic mass is 35.5. The minimum absolute atomic E-state index is 0.0439. The smallest absolute Gasteiger partial charge is 0.322 e. The summed E-state index contributed by atoms with van der Waals surface area (Å²) in [5.74, 6) is -2.31. The van der Waals surface area contributed by atoms with Crippen molar-refractivity contribution in [3.8, 4) is 10.6 Å². The van der Waals surface area contributed by atoms with Crippen molar-refractivity contribution in [1.29, 1.82) is 0 Å². The molecule has 9 heteroatoms. The molecule has 0 bridgehead atoms. The summed E-state index contributed by atoms with van der Waals surface area (Å²) < 4.78 is 0. The molecule has 1 aliphatic heterocycles. The second-order valence-electron chi connectivity index (χ2n) is 5.49. The molecule has 2 aromatic carbocycles. The van der Waals surface area contributed by atoms with Crippen LogP contribution in [-0.2, 0) is 4.84 Å². The molecule has 2 heterocycles. The van der Waals surface area contributed by atoms with Crippen LogP contribution in [0.25, 0.3) is 10.6 Å². The zero-order valence-electron chi connectivity index (χ0n) is 13.3. The van der Waals surface area contributed by atoms with E-state index in [1.807, 2.05) is 0 Å². The number of hydroxylamine groups is 2. The Morgan fingerprint density at radius 2 is 1.67 bits per heavy atom. The number of amides is 2. The van der Waals surface area contributed by atoms with Gasteiger partial charge in [-0.15, -0.1) is 11.3 Å². The van der Waals surface area contributed by atoms with E-state index in [1.54, 1.807) is 30.3 Å².